The molecule has 1 aliphatic rings. The minimum absolute atomic E-state index is 0.0104. The third-order valence-electron chi connectivity index (χ3n) is 2.52. The van der Waals surface area contributed by atoms with Crippen LogP contribution < -0.4 is 4.74 Å². The van der Waals surface area contributed by atoms with E-state index in [-0.39, 0.29) is 12.4 Å². The van der Waals surface area contributed by atoms with E-state index in [4.69, 9.17) is 4.74 Å². The minimum atomic E-state index is 0.0104. The van der Waals surface area contributed by atoms with Crippen LogP contribution in [0, 0.1) is 0 Å². The predicted octanol–water partition coefficient (Wildman–Crippen LogP) is 2.05. The van der Waals surface area contributed by atoms with Crippen LogP contribution in [0.3, 0.4) is 0 Å². The summed E-state index contributed by atoms with van der Waals surface area (Å²) in [5, 5.41) is 0. The zero-order valence-corrected chi connectivity index (χ0v) is 8.01. The molecule has 74 valence electrons. The van der Waals surface area contributed by atoms with E-state index in [9.17, 15) is 4.79 Å². The number of carbonyl (C=O) groups is 1. The summed E-state index contributed by atoms with van der Waals surface area (Å²) < 4.78 is 7.30. The van der Waals surface area contributed by atoms with Gasteiger partial charge < -0.3 is 9.30 Å². The second-order valence-corrected chi connectivity index (χ2v) is 3.44. The van der Waals surface area contributed by atoms with Crippen LogP contribution in [0.2, 0.25) is 0 Å². The molecule has 0 N–H and O–H groups in total. The lowest BCUT2D eigenvalue weighted by Crippen LogP contribution is -2.10. The summed E-state index contributed by atoms with van der Waals surface area (Å²) in [4.78, 5) is 11.7. The van der Waals surface area contributed by atoms with E-state index in [0.29, 0.717) is 5.69 Å². The van der Waals surface area contributed by atoms with Gasteiger partial charge in [0, 0.05) is 6.20 Å². The Morgan fingerprint density at radius 3 is 2.93 bits per heavy atom. The molecule has 15 heavy (non-hydrogen) atoms. The van der Waals surface area contributed by atoms with Crippen LogP contribution in [0.5, 0.6) is 5.75 Å². The molecule has 0 atom stereocenters. The average Bonchev–Trinajstić information content (AvgIpc) is 2.71. The van der Waals surface area contributed by atoms with Crippen LogP contribution in [0.1, 0.15) is 10.5 Å². The maximum Gasteiger partial charge on any atom is 0.216 e. The molecule has 2 heterocycles. The highest BCUT2D eigenvalue weighted by Gasteiger charge is 2.19. The third-order valence-corrected chi connectivity index (χ3v) is 2.52. The monoisotopic (exact) mass is 199 g/mol. The van der Waals surface area contributed by atoms with E-state index in [2.05, 4.69) is 0 Å². The quantitative estimate of drug-likeness (QED) is 0.650. The molecule has 0 aliphatic carbocycles. The molecule has 3 rings (SSSR count). The third kappa shape index (κ3) is 1.16. The fourth-order valence-corrected chi connectivity index (χ4v) is 1.81. The van der Waals surface area contributed by atoms with Gasteiger partial charge in [0.05, 0.1) is 11.4 Å². The van der Waals surface area contributed by atoms with Gasteiger partial charge in [0.2, 0.25) is 5.78 Å². The van der Waals surface area contributed by atoms with Crippen molar-refractivity contribution in [1.82, 2.24) is 4.57 Å². The van der Waals surface area contributed by atoms with Crippen molar-refractivity contribution in [3.63, 3.8) is 0 Å². The summed E-state index contributed by atoms with van der Waals surface area (Å²) in [7, 11) is 0. The van der Waals surface area contributed by atoms with Crippen molar-refractivity contribution in [1.29, 1.82) is 0 Å². The predicted molar refractivity (Wildman–Crippen MR) is 55.6 cm³/mol. The Balaban J connectivity index is 2.31. The molecule has 1 aliphatic heterocycles. The van der Waals surface area contributed by atoms with Crippen LogP contribution in [0.25, 0.3) is 5.69 Å². The van der Waals surface area contributed by atoms with Gasteiger partial charge >= 0.3 is 0 Å². The lowest BCUT2D eigenvalue weighted by atomic mass is 10.3. The Bertz CT molecular complexity index is 528. The molecule has 0 bridgehead atoms. The van der Waals surface area contributed by atoms with Crippen LogP contribution in [-0.2, 0) is 0 Å². The maximum absolute atomic E-state index is 11.7. The highest BCUT2D eigenvalue weighted by Crippen LogP contribution is 2.27. The van der Waals surface area contributed by atoms with Gasteiger partial charge in [-0.1, -0.05) is 12.1 Å². The summed E-state index contributed by atoms with van der Waals surface area (Å²) in [5.41, 5.74) is 1.60. The van der Waals surface area contributed by atoms with Gasteiger partial charge in [-0.25, -0.2) is 0 Å². The fraction of sp³-hybridized carbons (Fsp3) is 0.0833. The Hall–Kier alpha value is -2.03. The lowest BCUT2D eigenvalue weighted by molar-refractivity contribution is 0.0921. The molecule has 0 saturated heterocycles. The van der Waals surface area contributed by atoms with Crippen molar-refractivity contribution in [3.8, 4) is 11.4 Å². The van der Waals surface area contributed by atoms with E-state index in [1.54, 1.807) is 0 Å². The zero-order valence-electron chi connectivity index (χ0n) is 8.01. The first kappa shape index (κ1) is 8.29. The van der Waals surface area contributed by atoms with Gasteiger partial charge in [0.1, 0.15) is 5.75 Å². The number of ether oxygens (including phenoxy) is 1. The first-order valence-electron chi connectivity index (χ1n) is 4.79. The Kier molecular flexibility index (Phi) is 1.65. The lowest BCUT2D eigenvalue weighted by Gasteiger charge is -2.07. The smallest absolute Gasteiger partial charge is 0.216 e. The Morgan fingerprint density at radius 2 is 2.00 bits per heavy atom. The van der Waals surface area contributed by atoms with E-state index in [0.717, 1.165) is 11.4 Å². The van der Waals surface area contributed by atoms with Crippen molar-refractivity contribution in [3.05, 3.63) is 48.3 Å². The number of benzene rings is 1. The second kappa shape index (κ2) is 2.98. The van der Waals surface area contributed by atoms with E-state index >= 15 is 0 Å². The number of hydrogen-bond acceptors (Lipinski definition) is 2. The minimum Gasteiger partial charge on any atom is -0.483 e. The fourth-order valence-electron chi connectivity index (χ4n) is 1.81. The topological polar surface area (TPSA) is 31.2 Å². The number of ketones is 1. The first-order valence-corrected chi connectivity index (χ1v) is 4.79. The number of Topliss-reactive ketones (excluding diaryl/α,β-unsaturated/α-hetero) is 1. The standard InChI is InChI=1S/C12H9NO2/c14-11-8-15-12-6-2-1-4-10(12)13-7-3-5-9(11)13/h1-7H,8H2. The van der Waals surface area contributed by atoms with Crippen LogP contribution in [0.4, 0.5) is 0 Å². The number of fused-ring (bicyclic) bond motifs is 3. The zero-order chi connectivity index (χ0) is 10.3. The second-order valence-electron chi connectivity index (χ2n) is 3.44. The average molecular weight is 199 g/mol. The highest BCUT2D eigenvalue weighted by atomic mass is 16.5. The van der Waals surface area contributed by atoms with Crippen molar-refractivity contribution >= 4 is 5.78 Å². The Morgan fingerprint density at radius 1 is 1.13 bits per heavy atom. The summed E-state index contributed by atoms with van der Waals surface area (Å²) >= 11 is 0. The van der Waals surface area contributed by atoms with E-state index in [1.807, 2.05) is 47.2 Å². The molecule has 0 radical (unpaired) electrons. The van der Waals surface area contributed by atoms with Crippen molar-refractivity contribution in [2.24, 2.45) is 0 Å². The van der Waals surface area contributed by atoms with Gasteiger partial charge in [-0.2, -0.15) is 0 Å². The molecule has 2 aromatic rings. The van der Waals surface area contributed by atoms with Gasteiger partial charge in [0.15, 0.2) is 6.61 Å². The van der Waals surface area contributed by atoms with Crippen molar-refractivity contribution < 1.29 is 9.53 Å². The maximum atomic E-state index is 11.7. The number of hydrogen-bond donors (Lipinski definition) is 0. The molecule has 0 fully saturated rings. The van der Waals surface area contributed by atoms with Crippen molar-refractivity contribution in [2.75, 3.05) is 6.61 Å². The van der Waals surface area contributed by atoms with E-state index < -0.39 is 0 Å². The Labute approximate surface area is 86.9 Å². The number of para-hydroxylation sites is 2. The molecule has 1 aromatic heterocycles. The normalized spacial score (nSPS) is 13.7. The number of aromatic nitrogens is 1. The number of rotatable bonds is 0. The molecular formula is C12H9NO2. The molecule has 3 nitrogen and oxygen atoms in total. The number of nitrogens with zero attached hydrogens (tertiary/aromatic N) is 1. The van der Waals surface area contributed by atoms with Crippen LogP contribution in [-0.4, -0.2) is 17.0 Å². The SMILES string of the molecule is O=C1COc2ccccc2-n2cccc21. The van der Waals surface area contributed by atoms with Gasteiger partial charge in [-0.15, -0.1) is 0 Å². The van der Waals surface area contributed by atoms with Gasteiger partial charge in [0.25, 0.3) is 0 Å². The summed E-state index contributed by atoms with van der Waals surface area (Å²) in [6, 6.07) is 11.3. The summed E-state index contributed by atoms with van der Waals surface area (Å²) in [6.45, 7) is 0.112. The van der Waals surface area contributed by atoms with Crippen LogP contribution in [0.15, 0.2) is 42.6 Å². The molecule has 3 heteroatoms. The number of carbonyl (C=O) groups excluding carboxylic acids is 1. The molecule has 0 amide bonds. The summed E-state index contributed by atoms with van der Waals surface area (Å²) in [6.07, 6.45) is 1.88. The molecule has 1 aromatic carbocycles. The van der Waals surface area contributed by atoms with Crippen molar-refractivity contribution in [2.45, 2.75) is 0 Å². The first-order chi connectivity index (χ1) is 7.36. The van der Waals surface area contributed by atoms with Gasteiger partial charge in [-0.3, -0.25) is 4.79 Å². The van der Waals surface area contributed by atoms with E-state index in [1.165, 1.54) is 0 Å². The molecule has 0 saturated carbocycles. The van der Waals surface area contributed by atoms with Crippen LogP contribution >= 0.6 is 0 Å². The molecular weight excluding hydrogens is 190 g/mol. The van der Waals surface area contributed by atoms with Gasteiger partial charge in [-0.05, 0) is 24.3 Å². The molecule has 0 spiro atoms. The largest absolute Gasteiger partial charge is 0.483 e. The summed E-state index contributed by atoms with van der Waals surface area (Å²) in [5.74, 6) is 0.761. The highest BCUT2D eigenvalue weighted by molar-refractivity contribution is 5.97. The molecule has 0 unspecified atom stereocenters.